The van der Waals surface area contributed by atoms with Gasteiger partial charge in [-0.25, -0.2) is 0 Å². The molecule has 0 heterocycles. The zero-order valence-electron chi connectivity index (χ0n) is 9.32. The van der Waals surface area contributed by atoms with Crippen LogP contribution in [-0.4, -0.2) is 5.71 Å². The van der Waals surface area contributed by atoms with Gasteiger partial charge in [0.1, 0.15) is 0 Å². The number of benzene rings is 1. The van der Waals surface area contributed by atoms with Gasteiger partial charge in [0.05, 0.1) is 0 Å². The fraction of sp³-hybridized carbons (Fsp3) is 0.250. The van der Waals surface area contributed by atoms with E-state index in [-0.39, 0.29) is 0 Å². The van der Waals surface area contributed by atoms with Crippen LogP contribution in [0.15, 0.2) is 18.2 Å². The van der Waals surface area contributed by atoms with Crippen LogP contribution in [0.2, 0.25) is 0 Å². The van der Waals surface area contributed by atoms with Gasteiger partial charge in [-0.1, -0.05) is 18.8 Å². The Kier molecular flexibility index (Phi) is 5.79. The normalized spacial score (nSPS) is 9.94. The summed E-state index contributed by atoms with van der Waals surface area (Å²) < 4.78 is 0. The van der Waals surface area contributed by atoms with Gasteiger partial charge in [-0.15, -0.1) is 0 Å². The van der Waals surface area contributed by atoms with E-state index in [0.717, 1.165) is 23.2 Å². The van der Waals surface area contributed by atoms with Crippen molar-refractivity contribution in [1.82, 2.24) is 0 Å². The van der Waals surface area contributed by atoms with E-state index < -0.39 is 0 Å². The molecule has 0 aliphatic carbocycles. The second kappa shape index (κ2) is 6.88. The average molecular weight is 344 g/mol. The zero-order chi connectivity index (χ0) is 12.0. The lowest BCUT2D eigenvalue weighted by atomic mass is 10.1. The first-order chi connectivity index (χ1) is 7.69. The topological polar surface area (TPSA) is 35.9 Å². The molecule has 16 heavy (non-hydrogen) atoms. The third-order valence-corrected chi connectivity index (χ3v) is 3.19. The summed E-state index contributed by atoms with van der Waals surface area (Å²) in [5.41, 5.74) is 3.50. The van der Waals surface area contributed by atoms with E-state index in [1.165, 1.54) is 0 Å². The molecule has 0 amide bonds. The molecule has 1 rings (SSSR count). The fourth-order valence-corrected chi connectivity index (χ4v) is 2.47. The summed E-state index contributed by atoms with van der Waals surface area (Å²) in [6, 6.07) is 5.97. The molecule has 0 bridgehead atoms. The highest BCUT2D eigenvalue weighted by atomic mass is 127. The lowest BCUT2D eigenvalue weighted by molar-refractivity contribution is 1.28. The smallest absolute Gasteiger partial charge is 0.0468 e. The second-order valence-electron chi connectivity index (χ2n) is 3.26. The van der Waals surface area contributed by atoms with Gasteiger partial charge < -0.3 is 10.5 Å². The van der Waals surface area contributed by atoms with Gasteiger partial charge >= 0.3 is 0 Å². The summed E-state index contributed by atoms with van der Waals surface area (Å²) in [6.07, 6.45) is 1.46. The van der Waals surface area contributed by atoms with Crippen molar-refractivity contribution in [2.45, 2.75) is 20.3 Å². The van der Waals surface area contributed by atoms with Gasteiger partial charge in [0, 0.05) is 35.3 Å². The van der Waals surface area contributed by atoms with Crippen LogP contribution in [0.1, 0.15) is 31.4 Å². The number of hydrogen-bond acceptors (Lipinski definition) is 2. The monoisotopic (exact) mass is 344 g/mol. The Morgan fingerprint density at radius 2 is 2.31 bits per heavy atom. The number of rotatable bonds is 3. The molecule has 2 N–H and O–H groups in total. The Morgan fingerprint density at radius 3 is 2.88 bits per heavy atom. The van der Waals surface area contributed by atoms with E-state index in [1.807, 2.05) is 25.1 Å². The van der Waals surface area contributed by atoms with Gasteiger partial charge in [0.15, 0.2) is 0 Å². The van der Waals surface area contributed by atoms with Crippen molar-refractivity contribution in [3.8, 4) is 11.8 Å². The SMILES string of the molecule is CCC#Cc1ccc(NPI)c(C(C)=N)c1. The molecular formula is C12H14IN2P. The Balaban J connectivity index is 3.12. The van der Waals surface area contributed by atoms with Crippen LogP contribution in [0.3, 0.4) is 0 Å². The summed E-state index contributed by atoms with van der Waals surface area (Å²) in [6.45, 7) is 3.83. The van der Waals surface area contributed by atoms with E-state index >= 15 is 0 Å². The molecule has 4 heteroatoms. The van der Waals surface area contributed by atoms with Crippen molar-refractivity contribution >= 4 is 39.8 Å². The van der Waals surface area contributed by atoms with Crippen LogP contribution in [-0.2, 0) is 0 Å². The maximum absolute atomic E-state index is 7.74. The van der Waals surface area contributed by atoms with Crippen LogP contribution in [0.5, 0.6) is 0 Å². The quantitative estimate of drug-likeness (QED) is 0.367. The molecule has 1 atom stereocenters. The molecule has 0 spiro atoms. The maximum Gasteiger partial charge on any atom is 0.0468 e. The van der Waals surface area contributed by atoms with Crippen LogP contribution in [0.25, 0.3) is 0 Å². The predicted molar refractivity (Wildman–Crippen MR) is 82.1 cm³/mol. The number of nitrogens with one attached hydrogen (secondary N) is 2. The Labute approximate surface area is 111 Å². The number of hydrogen-bond donors (Lipinski definition) is 2. The first-order valence-electron chi connectivity index (χ1n) is 4.99. The standard InChI is InChI=1S/C12H14IN2P/c1-3-4-5-10-6-7-12(15-16-13)11(8-10)9(2)14/h6-8,14-16H,3H2,1-2H3. The molecule has 0 aromatic heterocycles. The van der Waals surface area contributed by atoms with Crippen LogP contribution in [0.4, 0.5) is 5.69 Å². The lowest BCUT2D eigenvalue weighted by Gasteiger charge is -2.09. The van der Waals surface area contributed by atoms with Crippen LogP contribution < -0.4 is 5.09 Å². The van der Waals surface area contributed by atoms with Crippen molar-refractivity contribution in [1.29, 1.82) is 5.41 Å². The molecule has 0 fully saturated rings. The fourth-order valence-electron chi connectivity index (χ4n) is 1.28. The van der Waals surface area contributed by atoms with Gasteiger partial charge in [0.2, 0.25) is 0 Å². The van der Waals surface area contributed by atoms with E-state index in [0.29, 0.717) is 12.1 Å². The van der Waals surface area contributed by atoms with Gasteiger partial charge in [-0.2, -0.15) is 0 Å². The Morgan fingerprint density at radius 1 is 1.56 bits per heavy atom. The highest BCUT2D eigenvalue weighted by molar-refractivity contribution is 14.2. The van der Waals surface area contributed by atoms with Crippen molar-refractivity contribution in [3.63, 3.8) is 0 Å². The van der Waals surface area contributed by atoms with Gasteiger partial charge in [0.25, 0.3) is 0 Å². The summed E-state index contributed by atoms with van der Waals surface area (Å²) in [5.74, 6) is 6.13. The lowest BCUT2D eigenvalue weighted by Crippen LogP contribution is -1.98. The van der Waals surface area contributed by atoms with Gasteiger partial charge in [-0.05, 0) is 47.2 Å². The minimum Gasteiger partial charge on any atom is -0.358 e. The third kappa shape index (κ3) is 3.77. The highest BCUT2D eigenvalue weighted by Gasteiger charge is 2.04. The van der Waals surface area contributed by atoms with E-state index in [1.54, 1.807) is 6.92 Å². The Hall–Kier alpha value is -0.590. The molecule has 84 valence electrons. The second-order valence-corrected chi connectivity index (χ2v) is 5.32. The molecule has 0 aliphatic heterocycles. The average Bonchev–Trinajstić information content (AvgIpc) is 2.27. The zero-order valence-corrected chi connectivity index (χ0v) is 12.5. The van der Waals surface area contributed by atoms with Crippen molar-refractivity contribution in [3.05, 3.63) is 29.3 Å². The summed E-state index contributed by atoms with van der Waals surface area (Å²) in [4.78, 5) is 0. The van der Waals surface area contributed by atoms with E-state index in [4.69, 9.17) is 5.41 Å². The van der Waals surface area contributed by atoms with Crippen LogP contribution in [0, 0.1) is 17.3 Å². The molecule has 0 aliphatic rings. The predicted octanol–water partition coefficient (Wildman–Crippen LogP) is 4.19. The highest BCUT2D eigenvalue weighted by Crippen LogP contribution is 2.27. The first-order valence-corrected chi connectivity index (χ1v) is 9.10. The molecule has 1 aromatic rings. The minimum atomic E-state index is 0.567. The summed E-state index contributed by atoms with van der Waals surface area (Å²) >= 11 is 2.28. The Bertz CT molecular complexity index is 446. The van der Waals surface area contributed by atoms with Crippen molar-refractivity contribution < 1.29 is 0 Å². The number of anilines is 1. The number of halogens is 1. The molecular weight excluding hydrogens is 330 g/mol. The van der Waals surface area contributed by atoms with Gasteiger partial charge in [-0.3, -0.25) is 0 Å². The first kappa shape index (κ1) is 13.5. The summed E-state index contributed by atoms with van der Waals surface area (Å²) in [7, 11) is 0. The molecule has 2 nitrogen and oxygen atoms in total. The molecule has 0 saturated carbocycles. The molecule has 0 radical (unpaired) electrons. The minimum absolute atomic E-state index is 0.567. The maximum atomic E-state index is 7.74. The van der Waals surface area contributed by atoms with Crippen molar-refractivity contribution in [2.75, 3.05) is 5.09 Å². The van der Waals surface area contributed by atoms with E-state index in [2.05, 4.69) is 39.0 Å². The van der Waals surface area contributed by atoms with Crippen molar-refractivity contribution in [2.24, 2.45) is 0 Å². The molecule has 1 aromatic carbocycles. The largest absolute Gasteiger partial charge is 0.358 e. The third-order valence-electron chi connectivity index (χ3n) is 2.01. The summed E-state index contributed by atoms with van der Waals surface area (Å²) in [5, 5.41) is 11.0. The van der Waals surface area contributed by atoms with E-state index in [9.17, 15) is 0 Å². The molecule has 0 saturated heterocycles. The molecule has 1 unspecified atom stereocenters. The van der Waals surface area contributed by atoms with Crippen LogP contribution >= 0.6 is 28.4 Å².